The topological polar surface area (TPSA) is 54.3 Å². The molecule has 1 saturated heterocycles. The Labute approximate surface area is 147 Å². The van der Waals surface area contributed by atoms with Gasteiger partial charge >= 0.3 is 0 Å². The number of amides is 1. The molecule has 0 unspecified atom stereocenters. The molecule has 0 N–H and O–H groups in total. The van der Waals surface area contributed by atoms with Gasteiger partial charge in [-0.25, -0.2) is 4.98 Å². The van der Waals surface area contributed by atoms with Crippen LogP contribution in [0.3, 0.4) is 0 Å². The molecule has 1 aliphatic heterocycles. The quantitative estimate of drug-likeness (QED) is 0.830. The van der Waals surface area contributed by atoms with Gasteiger partial charge in [0.05, 0.1) is 23.2 Å². The summed E-state index contributed by atoms with van der Waals surface area (Å²) in [4.78, 5) is 21.7. The van der Waals surface area contributed by atoms with Crippen LogP contribution < -0.4 is 0 Å². The first-order valence-electron chi connectivity index (χ1n) is 8.51. The zero-order valence-electron chi connectivity index (χ0n) is 14.4. The fourth-order valence-corrected chi connectivity index (χ4v) is 3.74. The maximum Gasteiger partial charge on any atom is 0.227 e. The van der Waals surface area contributed by atoms with Crippen LogP contribution in [0.15, 0.2) is 23.8 Å². The first-order valence-corrected chi connectivity index (χ1v) is 9.39. The van der Waals surface area contributed by atoms with Gasteiger partial charge in [0.2, 0.25) is 5.91 Å². The maximum atomic E-state index is 12.7. The highest BCUT2D eigenvalue weighted by Gasteiger charge is 2.24. The molecule has 1 fully saturated rings. The summed E-state index contributed by atoms with van der Waals surface area (Å²) in [6, 6.07) is 1.89. The van der Waals surface area contributed by atoms with Crippen LogP contribution in [0.1, 0.15) is 24.0 Å². The van der Waals surface area contributed by atoms with Crippen molar-refractivity contribution in [2.45, 2.75) is 33.4 Å². The van der Waals surface area contributed by atoms with Gasteiger partial charge in [0, 0.05) is 50.5 Å². The Morgan fingerprint density at radius 1 is 1.33 bits per heavy atom. The van der Waals surface area contributed by atoms with Crippen LogP contribution in [0.25, 0.3) is 0 Å². The number of carbonyl (C=O) groups excluding carboxylic acids is 1. The molecule has 1 aliphatic rings. The highest BCUT2D eigenvalue weighted by Crippen LogP contribution is 2.14. The summed E-state index contributed by atoms with van der Waals surface area (Å²) in [5.41, 5.74) is 1.14. The first-order chi connectivity index (χ1) is 11.6. The Kier molecular flexibility index (Phi) is 5.63. The van der Waals surface area contributed by atoms with Crippen LogP contribution in [0, 0.1) is 12.8 Å². The van der Waals surface area contributed by atoms with Gasteiger partial charge in [-0.15, -0.1) is 11.3 Å². The summed E-state index contributed by atoms with van der Waals surface area (Å²) < 4.78 is 1.83. The molecule has 1 amide bonds. The summed E-state index contributed by atoms with van der Waals surface area (Å²) in [6.45, 7) is 9.13. The molecule has 0 spiro atoms. The molecule has 0 aliphatic carbocycles. The van der Waals surface area contributed by atoms with Crippen molar-refractivity contribution in [3.8, 4) is 0 Å². The van der Waals surface area contributed by atoms with Gasteiger partial charge in [-0.05, 0) is 19.4 Å². The Balaban J connectivity index is 1.51. The summed E-state index contributed by atoms with van der Waals surface area (Å²) in [5.74, 6) is 0.189. The van der Waals surface area contributed by atoms with Crippen LogP contribution in [0.4, 0.5) is 0 Å². The Morgan fingerprint density at radius 3 is 2.92 bits per heavy atom. The second kappa shape index (κ2) is 7.90. The molecule has 2 aromatic rings. The van der Waals surface area contributed by atoms with Gasteiger partial charge in [0.25, 0.3) is 0 Å². The minimum Gasteiger partial charge on any atom is -0.341 e. The Hall–Kier alpha value is -1.73. The van der Waals surface area contributed by atoms with E-state index < -0.39 is 0 Å². The number of aromatic nitrogens is 3. The van der Waals surface area contributed by atoms with E-state index in [-0.39, 0.29) is 11.8 Å². The molecule has 0 radical (unpaired) electrons. The van der Waals surface area contributed by atoms with E-state index in [1.165, 1.54) is 0 Å². The largest absolute Gasteiger partial charge is 0.341 e. The van der Waals surface area contributed by atoms with Crippen molar-refractivity contribution in [1.29, 1.82) is 0 Å². The molecule has 1 atom stereocenters. The van der Waals surface area contributed by atoms with Gasteiger partial charge in [-0.2, -0.15) is 5.10 Å². The van der Waals surface area contributed by atoms with E-state index in [2.05, 4.69) is 20.4 Å². The number of rotatable bonds is 5. The molecule has 0 aromatic carbocycles. The fraction of sp³-hybridized carbons (Fsp3) is 0.588. The standard InChI is InChI=1S/C17H25N5OS/c1-14(11-22-8-3-5-18-22)17(23)21-7-4-6-20(9-10-21)12-16-13-24-15(2)19-16/h3,5,8,13-14H,4,6-7,9-12H2,1-2H3/t14-/m0/s1. The van der Waals surface area contributed by atoms with E-state index in [9.17, 15) is 4.79 Å². The zero-order chi connectivity index (χ0) is 16.9. The molecule has 0 saturated carbocycles. The number of carbonyl (C=O) groups is 1. The molecular weight excluding hydrogens is 322 g/mol. The Bertz CT molecular complexity index is 654. The molecule has 6 nitrogen and oxygen atoms in total. The summed E-state index contributed by atoms with van der Waals surface area (Å²) >= 11 is 1.70. The van der Waals surface area contributed by atoms with Crippen LogP contribution in [0.2, 0.25) is 0 Å². The molecule has 24 heavy (non-hydrogen) atoms. The van der Waals surface area contributed by atoms with Crippen molar-refractivity contribution in [1.82, 2.24) is 24.6 Å². The summed E-state index contributed by atoms with van der Waals surface area (Å²) in [5, 5.41) is 7.44. The lowest BCUT2D eigenvalue weighted by atomic mass is 10.1. The van der Waals surface area contributed by atoms with E-state index in [4.69, 9.17) is 0 Å². The third-order valence-corrected chi connectivity index (χ3v) is 5.22. The van der Waals surface area contributed by atoms with Crippen molar-refractivity contribution in [2.24, 2.45) is 5.92 Å². The van der Waals surface area contributed by atoms with Crippen LogP contribution >= 0.6 is 11.3 Å². The molecule has 7 heteroatoms. The minimum atomic E-state index is -0.0439. The number of hydrogen-bond acceptors (Lipinski definition) is 5. The van der Waals surface area contributed by atoms with Crippen molar-refractivity contribution >= 4 is 17.2 Å². The molecule has 2 aromatic heterocycles. The number of hydrogen-bond donors (Lipinski definition) is 0. The SMILES string of the molecule is Cc1nc(CN2CCCN(C(=O)[C@@H](C)Cn3cccn3)CC2)cs1. The van der Waals surface area contributed by atoms with Gasteiger partial charge in [0.1, 0.15) is 0 Å². The van der Waals surface area contributed by atoms with Crippen LogP contribution in [-0.2, 0) is 17.9 Å². The van der Waals surface area contributed by atoms with E-state index in [1.54, 1.807) is 17.5 Å². The van der Waals surface area contributed by atoms with E-state index in [0.29, 0.717) is 6.54 Å². The second-order valence-corrected chi connectivity index (χ2v) is 7.50. The van der Waals surface area contributed by atoms with Crippen molar-refractivity contribution in [2.75, 3.05) is 26.2 Å². The highest BCUT2D eigenvalue weighted by molar-refractivity contribution is 7.09. The monoisotopic (exact) mass is 347 g/mol. The molecular formula is C17H25N5OS. The van der Waals surface area contributed by atoms with Gasteiger partial charge < -0.3 is 4.90 Å². The number of thiazole rings is 1. The molecule has 130 valence electrons. The van der Waals surface area contributed by atoms with E-state index >= 15 is 0 Å². The van der Waals surface area contributed by atoms with Crippen molar-refractivity contribution in [3.63, 3.8) is 0 Å². The lowest BCUT2D eigenvalue weighted by Gasteiger charge is -2.24. The minimum absolute atomic E-state index is 0.0439. The first kappa shape index (κ1) is 17.1. The van der Waals surface area contributed by atoms with Gasteiger partial charge in [0.15, 0.2) is 0 Å². The smallest absolute Gasteiger partial charge is 0.227 e. The molecule has 3 heterocycles. The zero-order valence-corrected chi connectivity index (χ0v) is 15.2. The average molecular weight is 347 g/mol. The van der Waals surface area contributed by atoms with Crippen molar-refractivity contribution in [3.05, 3.63) is 34.5 Å². The summed E-state index contributed by atoms with van der Waals surface area (Å²) in [6.07, 6.45) is 4.67. The van der Waals surface area contributed by atoms with E-state index in [1.807, 2.05) is 35.7 Å². The maximum absolute atomic E-state index is 12.7. The predicted molar refractivity (Wildman–Crippen MR) is 94.7 cm³/mol. The number of aryl methyl sites for hydroxylation is 1. The highest BCUT2D eigenvalue weighted by atomic mass is 32.1. The van der Waals surface area contributed by atoms with Gasteiger partial charge in [-0.1, -0.05) is 6.92 Å². The van der Waals surface area contributed by atoms with E-state index in [0.717, 1.165) is 49.8 Å². The van der Waals surface area contributed by atoms with Gasteiger partial charge in [-0.3, -0.25) is 14.4 Å². The lowest BCUT2D eigenvalue weighted by Crippen LogP contribution is -2.39. The predicted octanol–water partition coefficient (Wildman–Crippen LogP) is 2.02. The molecule has 0 bridgehead atoms. The lowest BCUT2D eigenvalue weighted by molar-refractivity contribution is -0.135. The number of nitrogens with zero attached hydrogens (tertiary/aromatic N) is 5. The Morgan fingerprint density at radius 2 is 2.21 bits per heavy atom. The fourth-order valence-electron chi connectivity index (χ4n) is 3.14. The van der Waals surface area contributed by atoms with Crippen molar-refractivity contribution < 1.29 is 4.79 Å². The average Bonchev–Trinajstić information content (AvgIpc) is 3.15. The third kappa shape index (κ3) is 4.42. The third-order valence-electron chi connectivity index (χ3n) is 4.39. The second-order valence-electron chi connectivity index (χ2n) is 6.44. The molecule has 3 rings (SSSR count). The van der Waals surface area contributed by atoms with Crippen LogP contribution in [-0.4, -0.2) is 56.7 Å². The normalized spacial score (nSPS) is 17.7. The van der Waals surface area contributed by atoms with Crippen LogP contribution in [0.5, 0.6) is 0 Å². The summed E-state index contributed by atoms with van der Waals surface area (Å²) in [7, 11) is 0.